The van der Waals surface area contributed by atoms with E-state index in [1.165, 1.54) is 11.8 Å². The molecular weight excluding hydrogens is 310 g/mol. The number of H-pyrrole nitrogens is 1. The van der Waals surface area contributed by atoms with Crippen molar-refractivity contribution in [2.45, 2.75) is 29.7 Å². The van der Waals surface area contributed by atoms with Crippen molar-refractivity contribution in [3.8, 4) is 0 Å². The van der Waals surface area contributed by atoms with Crippen molar-refractivity contribution in [3.05, 3.63) is 15.4 Å². The molecule has 10 heteroatoms. The molecule has 0 unspecified atom stereocenters. The highest BCUT2D eigenvalue weighted by atomic mass is 35.5. The largest absolute Gasteiger partial charge is 0.388 e. The molecule has 0 bridgehead atoms. The van der Waals surface area contributed by atoms with E-state index in [0.29, 0.717) is 5.16 Å². The average Bonchev–Trinajstić information content (AvgIpc) is 2.44. The quantitative estimate of drug-likeness (QED) is 0.354. The molecule has 0 aliphatic carbocycles. The summed E-state index contributed by atoms with van der Waals surface area (Å²) in [5, 5.41) is 31.5. The fourth-order valence-corrected chi connectivity index (χ4v) is 2.22. The minimum atomic E-state index is -1.38. The summed E-state index contributed by atoms with van der Waals surface area (Å²) in [5.74, 6) is 0.0346. The number of halogens is 1. The highest BCUT2D eigenvalue weighted by molar-refractivity contribution is 7.98. The van der Waals surface area contributed by atoms with E-state index in [9.17, 15) is 20.1 Å². The first-order chi connectivity index (χ1) is 9.43. The molecule has 0 aromatic carbocycles. The molecule has 1 aliphatic rings. The van der Waals surface area contributed by atoms with Crippen LogP contribution in [0.15, 0.2) is 9.95 Å². The number of nitrogens with one attached hydrogen (secondary N) is 2. The van der Waals surface area contributed by atoms with Crippen LogP contribution in [0.1, 0.15) is 0 Å². The van der Waals surface area contributed by atoms with Gasteiger partial charge in [-0.25, -0.2) is 4.98 Å². The zero-order valence-corrected chi connectivity index (χ0v) is 12.0. The highest BCUT2D eigenvalue weighted by Gasteiger charge is 2.38. The third-order valence-corrected chi connectivity index (χ3v) is 3.74. The Morgan fingerprint density at radius 3 is 2.80 bits per heavy atom. The first-order valence-corrected chi connectivity index (χ1v) is 7.30. The Morgan fingerprint density at radius 1 is 1.45 bits per heavy atom. The monoisotopic (exact) mass is 323 g/mol. The van der Waals surface area contributed by atoms with Crippen LogP contribution < -0.4 is 10.9 Å². The SMILES string of the molecule is CSc1nc(N[C@H]2OC[C@@H](O)[C@@H](O)[C@H]2O)c(Cl)c(=O)[nH]1. The molecule has 0 spiro atoms. The van der Waals surface area contributed by atoms with Crippen LogP contribution in [-0.2, 0) is 4.74 Å². The smallest absolute Gasteiger partial charge is 0.272 e. The van der Waals surface area contributed by atoms with Gasteiger partial charge in [-0.05, 0) is 6.26 Å². The number of aromatic nitrogens is 2. The van der Waals surface area contributed by atoms with Gasteiger partial charge in [0.25, 0.3) is 5.56 Å². The van der Waals surface area contributed by atoms with Crippen molar-refractivity contribution < 1.29 is 20.1 Å². The third-order valence-electron chi connectivity index (χ3n) is 2.81. The summed E-state index contributed by atoms with van der Waals surface area (Å²) in [7, 11) is 0. The predicted octanol–water partition coefficient (Wildman–Crippen LogP) is -1.00. The van der Waals surface area contributed by atoms with E-state index in [1.54, 1.807) is 6.26 Å². The van der Waals surface area contributed by atoms with Gasteiger partial charge in [0.1, 0.15) is 23.3 Å². The Balaban J connectivity index is 2.22. The van der Waals surface area contributed by atoms with Gasteiger partial charge in [0.15, 0.2) is 17.2 Å². The lowest BCUT2D eigenvalue weighted by Crippen LogP contribution is -2.55. The molecule has 1 fully saturated rings. The number of hydrogen-bond donors (Lipinski definition) is 5. The van der Waals surface area contributed by atoms with E-state index < -0.39 is 30.1 Å². The molecule has 0 amide bonds. The Morgan fingerprint density at radius 2 is 2.15 bits per heavy atom. The summed E-state index contributed by atoms with van der Waals surface area (Å²) in [5.41, 5.74) is -0.528. The fourth-order valence-electron chi connectivity index (χ4n) is 1.70. The van der Waals surface area contributed by atoms with Crippen molar-refractivity contribution in [2.24, 2.45) is 0 Å². The number of anilines is 1. The van der Waals surface area contributed by atoms with Crippen LogP contribution in [0.5, 0.6) is 0 Å². The van der Waals surface area contributed by atoms with E-state index in [-0.39, 0.29) is 17.4 Å². The number of hydrogen-bond acceptors (Lipinski definition) is 8. The maximum absolute atomic E-state index is 11.6. The molecule has 1 aromatic rings. The molecule has 1 aromatic heterocycles. The van der Waals surface area contributed by atoms with Crippen LogP contribution in [0.25, 0.3) is 0 Å². The van der Waals surface area contributed by atoms with Crippen LogP contribution in [0, 0.1) is 0 Å². The van der Waals surface area contributed by atoms with Gasteiger partial charge in [-0.1, -0.05) is 23.4 Å². The lowest BCUT2D eigenvalue weighted by Gasteiger charge is -2.35. The maximum Gasteiger partial charge on any atom is 0.272 e. The van der Waals surface area contributed by atoms with Crippen LogP contribution in [0.2, 0.25) is 5.02 Å². The van der Waals surface area contributed by atoms with Gasteiger partial charge < -0.3 is 30.4 Å². The van der Waals surface area contributed by atoms with Gasteiger partial charge in [0.05, 0.1) is 6.61 Å². The summed E-state index contributed by atoms with van der Waals surface area (Å²) >= 11 is 7.04. The molecule has 4 atom stereocenters. The molecule has 1 saturated heterocycles. The zero-order valence-electron chi connectivity index (χ0n) is 10.4. The van der Waals surface area contributed by atoms with Crippen molar-refractivity contribution in [2.75, 3.05) is 18.2 Å². The summed E-state index contributed by atoms with van der Waals surface area (Å²) in [4.78, 5) is 18.1. The first kappa shape index (κ1) is 15.5. The average molecular weight is 324 g/mol. The molecule has 5 N–H and O–H groups in total. The summed E-state index contributed by atoms with van der Waals surface area (Å²) < 4.78 is 5.16. The number of rotatable bonds is 3. The third kappa shape index (κ3) is 3.08. The fraction of sp³-hybridized carbons (Fsp3) is 0.600. The van der Waals surface area contributed by atoms with E-state index >= 15 is 0 Å². The molecular formula is C10H14ClN3O5S. The van der Waals surface area contributed by atoms with E-state index in [4.69, 9.17) is 16.3 Å². The number of aliphatic hydroxyl groups is 3. The number of aliphatic hydroxyl groups excluding tert-OH is 3. The van der Waals surface area contributed by atoms with Gasteiger partial charge in [0, 0.05) is 0 Å². The molecule has 20 heavy (non-hydrogen) atoms. The standard InChI is InChI=1S/C10H14ClN3O5S/c1-20-10-13-7(4(11)8(18)14-10)12-9-6(17)5(16)3(15)2-19-9/h3,5-6,9,15-17H,2H2,1H3,(H2,12,13,14,18)/t3-,5-,6-,9+/m1/s1. The predicted molar refractivity (Wildman–Crippen MR) is 73.0 cm³/mol. The molecule has 112 valence electrons. The Kier molecular flexibility index (Phi) is 4.89. The zero-order chi connectivity index (χ0) is 14.9. The van der Waals surface area contributed by atoms with Gasteiger partial charge in [0.2, 0.25) is 0 Å². The van der Waals surface area contributed by atoms with Gasteiger partial charge >= 0.3 is 0 Å². The van der Waals surface area contributed by atoms with Crippen LogP contribution >= 0.6 is 23.4 Å². The lowest BCUT2D eigenvalue weighted by molar-refractivity contribution is -0.178. The molecule has 2 rings (SSSR count). The molecule has 8 nitrogen and oxygen atoms in total. The number of nitrogens with zero attached hydrogens (tertiary/aromatic N) is 1. The van der Waals surface area contributed by atoms with Gasteiger partial charge in [-0.2, -0.15) is 0 Å². The Hall–Kier alpha value is -0.840. The van der Waals surface area contributed by atoms with Gasteiger partial charge in [-0.15, -0.1) is 0 Å². The highest BCUT2D eigenvalue weighted by Crippen LogP contribution is 2.22. The first-order valence-electron chi connectivity index (χ1n) is 5.70. The Labute approximate surface area is 123 Å². The summed E-state index contributed by atoms with van der Waals surface area (Å²) in [6.07, 6.45) is -3.22. The normalized spacial score (nSPS) is 30.2. The summed E-state index contributed by atoms with van der Waals surface area (Å²) in [6.45, 7) is -0.161. The second-order valence-electron chi connectivity index (χ2n) is 4.18. The van der Waals surface area contributed by atoms with Crippen molar-refractivity contribution in [3.63, 3.8) is 0 Å². The minimum Gasteiger partial charge on any atom is -0.388 e. The van der Waals surface area contributed by atoms with Crippen LogP contribution in [0.4, 0.5) is 5.82 Å². The van der Waals surface area contributed by atoms with E-state index in [2.05, 4.69) is 15.3 Å². The van der Waals surface area contributed by atoms with Crippen molar-refractivity contribution >= 4 is 29.2 Å². The van der Waals surface area contributed by atoms with Crippen molar-refractivity contribution in [1.82, 2.24) is 9.97 Å². The number of ether oxygens (including phenoxy) is 1. The molecule has 0 radical (unpaired) electrons. The van der Waals surface area contributed by atoms with Crippen LogP contribution in [0.3, 0.4) is 0 Å². The topological polar surface area (TPSA) is 128 Å². The molecule has 1 aliphatic heterocycles. The molecule has 0 saturated carbocycles. The number of thioether (sulfide) groups is 1. The Bertz CT molecular complexity index is 542. The number of aromatic amines is 1. The second-order valence-corrected chi connectivity index (χ2v) is 5.36. The maximum atomic E-state index is 11.6. The van der Waals surface area contributed by atoms with Crippen LogP contribution in [-0.4, -0.2) is 62.7 Å². The minimum absolute atomic E-state index is 0.0346. The van der Waals surface area contributed by atoms with Crippen molar-refractivity contribution in [1.29, 1.82) is 0 Å². The molecule has 2 heterocycles. The van der Waals surface area contributed by atoms with E-state index in [1.807, 2.05) is 0 Å². The second kappa shape index (κ2) is 6.29. The lowest BCUT2D eigenvalue weighted by atomic mass is 10.0. The van der Waals surface area contributed by atoms with Gasteiger partial charge in [-0.3, -0.25) is 4.79 Å². The summed E-state index contributed by atoms with van der Waals surface area (Å²) in [6, 6.07) is 0. The van der Waals surface area contributed by atoms with E-state index in [0.717, 1.165) is 0 Å².